The molecular formula is C30H30N4O3. The van der Waals surface area contributed by atoms with Gasteiger partial charge in [-0.15, -0.1) is 0 Å². The van der Waals surface area contributed by atoms with Crippen LogP contribution >= 0.6 is 0 Å². The van der Waals surface area contributed by atoms with Gasteiger partial charge in [-0.2, -0.15) is 5.10 Å². The van der Waals surface area contributed by atoms with Gasteiger partial charge in [0.05, 0.1) is 28.2 Å². The van der Waals surface area contributed by atoms with E-state index >= 15 is 0 Å². The number of amides is 1. The lowest BCUT2D eigenvalue weighted by atomic mass is 10.0. The molecule has 0 N–H and O–H groups in total. The van der Waals surface area contributed by atoms with Gasteiger partial charge in [-0.25, -0.2) is 4.68 Å². The lowest BCUT2D eigenvalue weighted by Crippen LogP contribution is -2.27. The Balaban J connectivity index is 1.45. The van der Waals surface area contributed by atoms with Crippen LogP contribution in [0, 0.1) is 27.7 Å². The number of rotatable bonds is 7. The first-order chi connectivity index (χ1) is 17.8. The van der Waals surface area contributed by atoms with E-state index in [-0.39, 0.29) is 12.5 Å². The molecular weight excluding hydrogens is 464 g/mol. The van der Waals surface area contributed by atoms with E-state index in [0.29, 0.717) is 23.6 Å². The summed E-state index contributed by atoms with van der Waals surface area (Å²) in [5.41, 5.74) is 6.11. The van der Waals surface area contributed by atoms with Gasteiger partial charge in [-0.3, -0.25) is 4.79 Å². The van der Waals surface area contributed by atoms with Crippen molar-refractivity contribution in [3.05, 3.63) is 106 Å². The summed E-state index contributed by atoms with van der Waals surface area (Å²) in [6.07, 6.45) is 0. The van der Waals surface area contributed by atoms with E-state index in [4.69, 9.17) is 14.4 Å². The van der Waals surface area contributed by atoms with Crippen LogP contribution in [-0.4, -0.2) is 32.8 Å². The molecule has 7 nitrogen and oxygen atoms in total. The Kier molecular flexibility index (Phi) is 6.53. The topological polar surface area (TPSA) is 73.4 Å². The number of aryl methyl sites for hydroxylation is 3. The molecule has 0 saturated carbocycles. The number of ether oxygens (including phenoxy) is 1. The van der Waals surface area contributed by atoms with Crippen LogP contribution in [0.5, 0.6) is 5.75 Å². The maximum Gasteiger partial charge on any atom is 0.257 e. The molecule has 1 amide bonds. The number of benzene rings is 3. The third-order valence-corrected chi connectivity index (χ3v) is 6.82. The zero-order chi connectivity index (χ0) is 26.1. The summed E-state index contributed by atoms with van der Waals surface area (Å²) in [7, 11) is 1.81. The van der Waals surface area contributed by atoms with Gasteiger partial charge in [0.15, 0.2) is 0 Å². The molecule has 0 bridgehead atoms. The Morgan fingerprint density at radius 2 is 1.59 bits per heavy atom. The molecule has 0 aliphatic rings. The number of hydrogen-bond donors (Lipinski definition) is 0. The fourth-order valence-electron chi connectivity index (χ4n) is 4.60. The predicted molar refractivity (Wildman–Crippen MR) is 143 cm³/mol. The van der Waals surface area contributed by atoms with Gasteiger partial charge in [-0.1, -0.05) is 47.6 Å². The smallest absolute Gasteiger partial charge is 0.257 e. The first kappa shape index (κ1) is 24.3. The molecule has 188 valence electrons. The van der Waals surface area contributed by atoms with E-state index in [0.717, 1.165) is 44.7 Å². The van der Waals surface area contributed by atoms with Crippen molar-refractivity contribution in [3.63, 3.8) is 0 Å². The number of hydrogen-bond acceptors (Lipinski definition) is 5. The molecule has 7 heteroatoms. The maximum atomic E-state index is 13.8. The minimum atomic E-state index is -0.120. The van der Waals surface area contributed by atoms with Gasteiger partial charge in [0.2, 0.25) is 0 Å². The number of fused-ring (bicyclic) bond motifs is 1. The molecule has 0 fully saturated rings. The zero-order valence-electron chi connectivity index (χ0n) is 21.8. The summed E-state index contributed by atoms with van der Waals surface area (Å²) >= 11 is 0. The lowest BCUT2D eigenvalue weighted by molar-refractivity contribution is 0.0780. The van der Waals surface area contributed by atoms with Crippen molar-refractivity contribution in [2.75, 3.05) is 7.05 Å². The van der Waals surface area contributed by atoms with Crippen LogP contribution in [0.25, 0.3) is 16.5 Å². The summed E-state index contributed by atoms with van der Waals surface area (Å²) in [5, 5.41) is 10.7. The molecule has 0 aliphatic heterocycles. The van der Waals surface area contributed by atoms with Crippen molar-refractivity contribution < 1.29 is 14.1 Å². The summed E-state index contributed by atoms with van der Waals surface area (Å²) < 4.78 is 13.4. The highest BCUT2D eigenvalue weighted by Crippen LogP contribution is 2.29. The van der Waals surface area contributed by atoms with Crippen LogP contribution in [-0.2, 0) is 13.2 Å². The van der Waals surface area contributed by atoms with Crippen LogP contribution < -0.4 is 4.74 Å². The molecule has 0 spiro atoms. The van der Waals surface area contributed by atoms with Crippen molar-refractivity contribution in [2.45, 2.75) is 40.8 Å². The normalized spacial score (nSPS) is 11.2. The van der Waals surface area contributed by atoms with Gasteiger partial charge in [0.25, 0.3) is 5.91 Å². The predicted octanol–water partition coefficient (Wildman–Crippen LogP) is 6.10. The number of nitrogens with zero attached hydrogens (tertiary/aromatic N) is 4. The summed E-state index contributed by atoms with van der Waals surface area (Å²) in [6, 6.07) is 21.8. The van der Waals surface area contributed by atoms with Crippen molar-refractivity contribution in [3.8, 4) is 11.4 Å². The van der Waals surface area contributed by atoms with Crippen LogP contribution in [0.1, 0.15) is 44.3 Å². The third-order valence-electron chi connectivity index (χ3n) is 6.82. The summed E-state index contributed by atoms with van der Waals surface area (Å²) in [5.74, 6) is 1.12. The Labute approximate surface area is 216 Å². The van der Waals surface area contributed by atoms with Gasteiger partial charge in [0.1, 0.15) is 18.1 Å². The van der Waals surface area contributed by atoms with Crippen molar-refractivity contribution in [2.24, 2.45) is 0 Å². The zero-order valence-corrected chi connectivity index (χ0v) is 21.8. The second-order valence-electron chi connectivity index (χ2n) is 9.34. The minimum absolute atomic E-state index is 0.120. The van der Waals surface area contributed by atoms with E-state index in [2.05, 4.69) is 5.16 Å². The SMILES string of the molecule is Cc1noc(C)c1COc1cc2ccccc2cc1C(=O)N(C)Cc1c(C)nn(-c2ccccc2)c1C. The maximum absolute atomic E-state index is 13.8. The standard InChI is InChI=1S/C30H30N4O3/c1-19-27(21(3)34(31-19)25-13-7-6-8-14-25)17-33(5)30(35)26-15-23-11-9-10-12-24(23)16-29(26)36-18-28-20(2)32-37-22(28)4/h6-16H,17-18H2,1-5H3. The second kappa shape index (κ2) is 9.93. The van der Waals surface area contributed by atoms with Crippen LogP contribution in [0.3, 0.4) is 0 Å². The average Bonchev–Trinajstić information content (AvgIpc) is 3.38. The molecule has 0 saturated heterocycles. The van der Waals surface area contributed by atoms with E-state index in [1.807, 2.05) is 106 Å². The molecule has 0 aliphatic carbocycles. The first-order valence-corrected chi connectivity index (χ1v) is 12.3. The molecule has 2 aromatic heterocycles. The molecule has 0 unspecified atom stereocenters. The van der Waals surface area contributed by atoms with E-state index < -0.39 is 0 Å². The van der Waals surface area contributed by atoms with Gasteiger partial charge < -0.3 is 14.2 Å². The van der Waals surface area contributed by atoms with Gasteiger partial charge >= 0.3 is 0 Å². The highest BCUT2D eigenvalue weighted by molar-refractivity contribution is 6.01. The van der Waals surface area contributed by atoms with Crippen molar-refractivity contribution in [1.29, 1.82) is 0 Å². The Hall–Kier alpha value is -4.39. The molecule has 0 atom stereocenters. The quantitative estimate of drug-likeness (QED) is 0.273. The molecule has 3 aromatic carbocycles. The third kappa shape index (κ3) is 4.72. The number of carbonyl (C=O) groups is 1. The monoisotopic (exact) mass is 494 g/mol. The highest BCUT2D eigenvalue weighted by atomic mass is 16.5. The summed E-state index contributed by atoms with van der Waals surface area (Å²) in [6.45, 7) is 8.46. The van der Waals surface area contributed by atoms with Gasteiger partial charge in [-0.05, 0) is 62.7 Å². The highest BCUT2D eigenvalue weighted by Gasteiger charge is 2.22. The largest absolute Gasteiger partial charge is 0.488 e. The lowest BCUT2D eigenvalue weighted by Gasteiger charge is -2.20. The average molecular weight is 495 g/mol. The Morgan fingerprint density at radius 1 is 0.919 bits per heavy atom. The van der Waals surface area contributed by atoms with Crippen LogP contribution in [0.4, 0.5) is 0 Å². The Bertz CT molecular complexity index is 1560. The van der Waals surface area contributed by atoms with E-state index in [1.165, 1.54) is 0 Å². The molecule has 0 radical (unpaired) electrons. The first-order valence-electron chi connectivity index (χ1n) is 12.3. The fraction of sp³-hybridized carbons (Fsp3) is 0.233. The van der Waals surface area contributed by atoms with E-state index in [9.17, 15) is 4.79 Å². The van der Waals surface area contributed by atoms with Gasteiger partial charge in [0, 0.05) is 24.8 Å². The minimum Gasteiger partial charge on any atom is -0.488 e. The molecule has 2 heterocycles. The molecule has 37 heavy (non-hydrogen) atoms. The number of aromatic nitrogens is 3. The number of carbonyl (C=O) groups excluding carboxylic acids is 1. The van der Waals surface area contributed by atoms with Crippen molar-refractivity contribution >= 4 is 16.7 Å². The number of para-hydroxylation sites is 1. The molecule has 5 rings (SSSR count). The second-order valence-corrected chi connectivity index (χ2v) is 9.34. The van der Waals surface area contributed by atoms with Crippen LogP contribution in [0.2, 0.25) is 0 Å². The Morgan fingerprint density at radius 3 is 2.27 bits per heavy atom. The van der Waals surface area contributed by atoms with E-state index in [1.54, 1.807) is 4.90 Å². The molecule has 5 aromatic rings. The summed E-state index contributed by atoms with van der Waals surface area (Å²) in [4.78, 5) is 15.5. The fourth-order valence-corrected chi connectivity index (χ4v) is 4.60. The van der Waals surface area contributed by atoms with Crippen LogP contribution in [0.15, 0.2) is 71.3 Å². The van der Waals surface area contributed by atoms with Crippen molar-refractivity contribution in [1.82, 2.24) is 19.8 Å².